The zero-order valence-electron chi connectivity index (χ0n) is 16.8. The third-order valence-electron chi connectivity index (χ3n) is 5.24. The molecule has 4 aromatic rings. The van der Waals surface area contributed by atoms with Gasteiger partial charge < -0.3 is 4.98 Å². The van der Waals surface area contributed by atoms with Crippen LogP contribution >= 0.6 is 0 Å². The fourth-order valence-corrected chi connectivity index (χ4v) is 4.81. The van der Waals surface area contributed by atoms with Gasteiger partial charge in [-0.3, -0.25) is 10.1 Å². The maximum atomic E-state index is 12.7. The van der Waals surface area contributed by atoms with Crippen LogP contribution in [0.5, 0.6) is 0 Å². The van der Waals surface area contributed by atoms with Gasteiger partial charge in [0.05, 0.1) is 15.5 Å². The van der Waals surface area contributed by atoms with Crippen LogP contribution < -0.4 is 4.72 Å². The molecule has 0 aliphatic rings. The molecule has 0 bridgehead atoms. The monoisotopic (exact) mass is 435 g/mol. The number of nitro groups is 1. The van der Waals surface area contributed by atoms with Gasteiger partial charge in [-0.1, -0.05) is 55.5 Å². The number of aromatic amines is 1. The number of rotatable bonds is 7. The van der Waals surface area contributed by atoms with Crippen LogP contribution in [0.3, 0.4) is 0 Å². The van der Waals surface area contributed by atoms with Gasteiger partial charge in [0, 0.05) is 29.6 Å². The van der Waals surface area contributed by atoms with Gasteiger partial charge in [0.1, 0.15) is 0 Å². The van der Waals surface area contributed by atoms with Gasteiger partial charge in [0.2, 0.25) is 10.0 Å². The summed E-state index contributed by atoms with van der Waals surface area (Å²) in [6.45, 7) is 2.15. The first-order valence-electron chi connectivity index (χ1n) is 9.77. The minimum Gasteiger partial charge on any atom is -0.354 e. The van der Waals surface area contributed by atoms with E-state index in [0.29, 0.717) is 0 Å². The van der Waals surface area contributed by atoms with Crippen molar-refractivity contribution >= 4 is 26.6 Å². The van der Waals surface area contributed by atoms with Crippen molar-refractivity contribution in [3.8, 4) is 11.3 Å². The van der Waals surface area contributed by atoms with Crippen LogP contribution in [0, 0.1) is 10.1 Å². The summed E-state index contributed by atoms with van der Waals surface area (Å²) in [7, 11) is -3.80. The quantitative estimate of drug-likeness (QED) is 0.320. The SMILES string of the molecule is CC(CNS(=O)(=O)c1ccc([N+](=O)[O-])cc1)c1c(-c2ccccc2)[nH]c2ccccc12. The molecule has 0 aliphatic heterocycles. The van der Waals surface area contributed by atoms with Crippen molar-refractivity contribution < 1.29 is 13.3 Å². The largest absolute Gasteiger partial charge is 0.354 e. The summed E-state index contributed by atoms with van der Waals surface area (Å²) in [5, 5.41) is 11.8. The smallest absolute Gasteiger partial charge is 0.269 e. The lowest BCUT2D eigenvalue weighted by atomic mass is 9.95. The van der Waals surface area contributed by atoms with E-state index in [-0.39, 0.29) is 23.0 Å². The molecule has 3 aromatic carbocycles. The number of nitro benzene ring substituents is 1. The molecule has 0 spiro atoms. The van der Waals surface area contributed by atoms with Crippen molar-refractivity contribution in [2.75, 3.05) is 6.54 Å². The Hall–Kier alpha value is -3.49. The number of aromatic nitrogens is 1. The van der Waals surface area contributed by atoms with E-state index in [1.54, 1.807) is 0 Å². The summed E-state index contributed by atoms with van der Waals surface area (Å²) in [5.41, 5.74) is 3.86. The molecule has 0 amide bonds. The molecule has 7 nitrogen and oxygen atoms in total. The molecule has 0 fully saturated rings. The Labute approximate surface area is 179 Å². The molecule has 158 valence electrons. The number of para-hydroxylation sites is 1. The molecule has 31 heavy (non-hydrogen) atoms. The molecular weight excluding hydrogens is 414 g/mol. The number of non-ortho nitro benzene ring substituents is 1. The molecule has 1 heterocycles. The van der Waals surface area contributed by atoms with E-state index in [4.69, 9.17) is 0 Å². The number of benzene rings is 3. The third kappa shape index (κ3) is 4.21. The zero-order valence-corrected chi connectivity index (χ0v) is 17.6. The highest BCUT2D eigenvalue weighted by Crippen LogP contribution is 2.35. The van der Waals surface area contributed by atoms with Crippen LogP contribution in [0.15, 0.2) is 83.8 Å². The van der Waals surface area contributed by atoms with Crippen molar-refractivity contribution in [1.82, 2.24) is 9.71 Å². The van der Waals surface area contributed by atoms with Gasteiger partial charge in [-0.05, 0) is 35.2 Å². The molecule has 2 N–H and O–H groups in total. The molecule has 0 radical (unpaired) electrons. The number of nitrogens with one attached hydrogen (secondary N) is 2. The highest BCUT2D eigenvalue weighted by Gasteiger charge is 2.22. The molecule has 1 atom stereocenters. The van der Waals surface area contributed by atoms with Crippen LogP contribution in [0.1, 0.15) is 18.4 Å². The van der Waals surface area contributed by atoms with E-state index in [0.717, 1.165) is 27.7 Å². The number of hydrogen-bond acceptors (Lipinski definition) is 4. The van der Waals surface area contributed by atoms with Gasteiger partial charge in [-0.2, -0.15) is 0 Å². The molecular formula is C23H21N3O4S. The van der Waals surface area contributed by atoms with Gasteiger partial charge in [-0.25, -0.2) is 13.1 Å². The summed E-state index contributed by atoms with van der Waals surface area (Å²) in [6.07, 6.45) is 0. The molecule has 8 heteroatoms. The van der Waals surface area contributed by atoms with E-state index in [1.165, 1.54) is 24.3 Å². The highest BCUT2D eigenvalue weighted by molar-refractivity contribution is 7.89. The molecule has 0 aliphatic carbocycles. The van der Waals surface area contributed by atoms with E-state index in [2.05, 4.69) is 9.71 Å². The maximum Gasteiger partial charge on any atom is 0.269 e. The number of sulfonamides is 1. The van der Waals surface area contributed by atoms with Crippen molar-refractivity contribution in [1.29, 1.82) is 0 Å². The Morgan fingerprint density at radius 1 is 0.968 bits per heavy atom. The molecule has 4 rings (SSSR count). The number of fused-ring (bicyclic) bond motifs is 1. The Kier molecular flexibility index (Phi) is 5.58. The fourth-order valence-electron chi connectivity index (χ4n) is 3.68. The average molecular weight is 436 g/mol. The minimum atomic E-state index is -3.80. The first kappa shape index (κ1) is 20.8. The van der Waals surface area contributed by atoms with Crippen molar-refractivity contribution in [3.63, 3.8) is 0 Å². The molecule has 0 saturated heterocycles. The van der Waals surface area contributed by atoms with Crippen molar-refractivity contribution in [3.05, 3.63) is 94.5 Å². The summed E-state index contributed by atoms with van der Waals surface area (Å²) < 4.78 is 28.1. The average Bonchev–Trinajstić information content (AvgIpc) is 3.18. The number of H-pyrrole nitrogens is 1. The lowest BCUT2D eigenvalue weighted by Gasteiger charge is -2.15. The Bertz CT molecular complexity index is 1330. The minimum absolute atomic E-state index is 0.00694. The Morgan fingerprint density at radius 3 is 2.29 bits per heavy atom. The summed E-state index contributed by atoms with van der Waals surface area (Å²) in [4.78, 5) is 13.7. The lowest BCUT2D eigenvalue weighted by Crippen LogP contribution is -2.27. The fraction of sp³-hybridized carbons (Fsp3) is 0.130. The van der Waals surface area contributed by atoms with Gasteiger partial charge in [0.15, 0.2) is 0 Å². The van der Waals surface area contributed by atoms with Crippen LogP contribution in [-0.2, 0) is 10.0 Å². The van der Waals surface area contributed by atoms with Crippen LogP contribution in [0.2, 0.25) is 0 Å². The third-order valence-corrected chi connectivity index (χ3v) is 6.68. The van der Waals surface area contributed by atoms with Crippen LogP contribution in [-0.4, -0.2) is 24.9 Å². The second-order valence-electron chi connectivity index (χ2n) is 7.33. The van der Waals surface area contributed by atoms with Crippen molar-refractivity contribution in [2.24, 2.45) is 0 Å². The maximum absolute atomic E-state index is 12.7. The Balaban J connectivity index is 1.63. The van der Waals surface area contributed by atoms with Crippen molar-refractivity contribution in [2.45, 2.75) is 17.7 Å². The normalized spacial score (nSPS) is 12.7. The number of nitrogens with zero attached hydrogens (tertiary/aromatic N) is 1. The lowest BCUT2D eigenvalue weighted by molar-refractivity contribution is -0.384. The standard InChI is InChI=1S/C23H21N3O4S/c1-16(15-24-31(29,30)19-13-11-18(12-14-19)26(27)28)22-20-9-5-6-10-21(20)25-23(22)17-7-3-2-4-8-17/h2-14,16,24-25H,15H2,1H3. The first-order valence-corrected chi connectivity index (χ1v) is 11.3. The number of hydrogen-bond donors (Lipinski definition) is 2. The first-order chi connectivity index (χ1) is 14.9. The molecule has 0 saturated carbocycles. The second-order valence-corrected chi connectivity index (χ2v) is 9.10. The van der Waals surface area contributed by atoms with E-state index in [9.17, 15) is 18.5 Å². The van der Waals surface area contributed by atoms with Crippen LogP contribution in [0.25, 0.3) is 22.2 Å². The summed E-state index contributed by atoms with van der Waals surface area (Å²) in [6, 6.07) is 22.7. The van der Waals surface area contributed by atoms with Gasteiger partial charge in [0.25, 0.3) is 5.69 Å². The predicted octanol–water partition coefficient (Wildman–Crippen LogP) is 4.83. The topological polar surface area (TPSA) is 105 Å². The molecule has 1 aromatic heterocycles. The summed E-state index contributed by atoms with van der Waals surface area (Å²) in [5.74, 6) is -0.126. The van der Waals surface area contributed by atoms with Gasteiger partial charge in [-0.15, -0.1) is 0 Å². The highest BCUT2D eigenvalue weighted by atomic mass is 32.2. The Morgan fingerprint density at radius 2 is 1.61 bits per heavy atom. The zero-order chi connectivity index (χ0) is 22.0. The van der Waals surface area contributed by atoms with E-state index in [1.807, 2.05) is 61.5 Å². The predicted molar refractivity (Wildman–Crippen MR) is 120 cm³/mol. The summed E-state index contributed by atoms with van der Waals surface area (Å²) >= 11 is 0. The van der Waals surface area contributed by atoms with Crippen LogP contribution in [0.4, 0.5) is 5.69 Å². The second kappa shape index (κ2) is 8.33. The van der Waals surface area contributed by atoms with E-state index < -0.39 is 14.9 Å². The molecule has 1 unspecified atom stereocenters. The van der Waals surface area contributed by atoms with E-state index >= 15 is 0 Å². The van der Waals surface area contributed by atoms with Gasteiger partial charge >= 0.3 is 0 Å².